The Bertz CT molecular complexity index is 561. The molecule has 0 aliphatic carbocycles. The van der Waals surface area contributed by atoms with Gasteiger partial charge in [0.25, 0.3) is 5.89 Å². The molecule has 0 bridgehead atoms. The number of nitrogens with one attached hydrogen (secondary N) is 1. The molecule has 1 N–H and O–H groups in total. The second-order valence-electron chi connectivity index (χ2n) is 4.63. The number of benzene rings is 1. The molecule has 1 aromatic carbocycles. The molecule has 1 aromatic heterocycles. The molecule has 0 spiro atoms. The molecule has 1 heterocycles. The minimum absolute atomic E-state index is 0.208. The van der Waals surface area contributed by atoms with Crippen molar-refractivity contribution in [3.63, 3.8) is 0 Å². The zero-order valence-electron chi connectivity index (χ0n) is 11.0. The molecule has 0 unspecified atom stereocenters. The number of rotatable bonds is 4. The van der Waals surface area contributed by atoms with Gasteiger partial charge in [-0.3, -0.25) is 0 Å². The van der Waals surface area contributed by atoms with Gasteiger partial charge >= 0.3 is 6.18 Å². The van der Waals surface area contributed by atoms with Crippen LogP contribution in [-0.2, 0) is 12.7 Å². The Morgan fingerprint density at radius 1 is 1.20 bits per heavy atom. The predicted octanol–water partition coefficient (Wildman–Crippen LogP) is 3.25. The third kappa shape index (κ3) is 3.57. The number of halogens is 3. The number of alkyl halides is 3. The molecule has 20 heavy (non-hydrogen) atoms. The zero-order chi connectivity index (χ0) is 14.8. The summed E-state index contributed by atoms with van der Waals surface area (Å²) in [5.74, 6) is 0.674. The Balaban J connectivity index is 2.12. The molecular formula is C13H14F3N3O. The average molecular weight is 285 g/mol. The van der Waals surface area contributed by atoms with Crippen LogP contribution in [0.3, 0.4) is 0 Å². The van der Waals surface area contributed by atoms with E-state index in [4.69, 9.17) is 4.52 Å². The number of hydrogen-bond donors (Lipinski definition) is 1. The van der Waals surface area contributed by atoms with E-state index in [2.05, 4.69) is 15.5 Å². The minimum Gasteiger partial charge on any atom is -0.334 e. The van der Waals surface area contributed by atoms with Gasteiger partial charge in [0.2, 0.25) is 0 Å². The van der Waals surface area contributed by atoms with Crippen LogP contribution in [0, 0.1) is 0 Å². The summed E-state index contributed by atoms with van der Waals surface area (Å²) in [7, 11) is 0. The van der Waals surface area contributed by atoms with E-state index in [9.17, 15) is 13.2 Å². The molecule has 0 amide bonds. The van der Waals surface area contributed by atoms with Crippen molar-refractivity contribution >= 4 is 0 Å². The second-order valence-corrected chi connectivity index (χ2v) is 4.63. The molecule has 0 fully saturated rings. The summed E-state index contributed by atoms with van der Waals surface area (Å²) in [4.78, 5) is 4.12. The van der Waals surface area contributed by atoms with Crippen molar-refractivity contribution in [1.29, 1.82) is 0 Å². The van der Waals surface area contributed by atoms with Crippen LogP contribution in [0.4, 0.5) is 13.2 Å². The van der Waals surface area contributed by atoms with Crippen LogP contribution in [0.1, 0.15) is 25.2 Å². The molecule has 0 saturated carbocycles. The van der Waals surface area contributed by atoms with Crippen molar-refractivity contribution in [1.82, 2.24) is 15.5 Å². The van der Waals surface area contributed by atoms with Crippen LogP contribution >= 0.6 is 0 Å². The van der Waals surface area contributed by atoms with Crippen molar-refractivity contribution in [3.05, 3.63) is 35.7 Å². The molecular weight excluding hydrogens is 271 g/mol. The molecule has 2 rings (SSSR count). The fraction of sp³-hybridized carbons (Fsp3) is 0.385. The summed E-state index contributed by atoms with van der Waals surface area (Å²) in [6, 6.07) is 4.89. The summed E-state index contributed by atoms with van der Waals surface area (Å²) in [6.07, 6.45) is -4.35. The Morgan fingerprint density at radius 2 is 1.85 bits per heavy atom. The summed E-state index contributed by atoms with van der Waals surface area (Å²) in [5.41, 5.74) is -0.247. The quantitative estimate of drug-likeness (QED) is 0.936. The first-order valence-corrected chi connectivity index (χ1v) is 6.10. The zero-order valence-corrected chi connectivity index (χ0v) is 11.0. The molecule has 0 aliphatic rings. The Hall–Kier alpha value is -1.89. The first kappa shape index (κ1) is 14.5. The van der Waals surface area contributed by atoms with Gasteiger partial charge in [-0.1, -0.05) is 19.0 Å². The average Bonchev–Trinajstić information content (AvgIpc) is 2.84. The van der Waals surface area contributed by atoms with Crippen LogP contribution in [0.25, 0.3) is 11.5 Å². The van der Waals surface area contributed by atoms with Gasteiger partial charge in [-0.05, 0) is 24.3 Å². The van der Waals surface area contributed by atoms with Gasteiger partial charge < -0.3 is 9.84 Å². The maximum atomic E-state index is 12.4. The third-order valence-electron chi connectivity index (χ3n) is 2.60. The molecule has 0 aliphatic heterocycles. The lowest BCUT2D eigenvalue weighted by molar-refractivity contribution is -0.137. The SMILES string of the molecule is CC(C)NCc1noc(-c2ccc(C(F)(F)F)cc2)n1. The smallest absolute Gasteiger partial charge is 0.334 e. The Morgan fingerprint density at radius 3 is 2.40 bits per heavy atom. The van der Waals surface area contributed by atoms with E-state index in [1.54, 1.807) is 0 Å². The highest BCUT2D eigenvalue weighted by Crippen LogP contribution is 2.30. The predicted molar refractivity (Wildman–Crippen MR) is 66.7 cm³/mol. The first-order chi connectivity index (χ1) is 9.36. The molecule has 108 valence electrons. The lowest BCUT2D eigenvalue weighted by Crippen LogP contribution is -2.22. The van der Waals surface area contributed by atoms with Gasteiger partial charge in [-0.2, -0.15) is 18.2 Å². The topological polar surface area (TPSA) is 51.0 Å². The number of nitrogens with zero attached hydrogens (tertiary/aromatic N) is 2. The lowest BCUT2D eigenvalue weighted by Gasteiger charge is -2.05. The van der Waals surface area contributed by atoms with Crippen LogP contribution < -0.4 is 5.32 Å². The van der Waals surface area contributed by atoms with Gasteiger partial charge in [0, 0.05) is 11.6 Å². The largest absolute Gasteiger partial charge is 0.416 e. The monoisotopic (exact) mass is 285 g/mol. The van der Waals surface area contributed by atoms with E-state index in [-0.39, 0.29) is 11.9 Å². The van der Waals surface area contributed by atoms with E-state index >= 15 is 0 Å². The highest BCUT2D eigenvalue weighted by Gasteiger charge is 2.30. The summed E-state index contributed by atoms with van der Waals surface area (Å²) in [6.45, 7) is 4.41. The van der Waals surface area contributed by atoms with Crippen LogP contribution in [0.2, 0.25) is 0 Å². The van der Waals surface area contributed by atoms with E-state index in [1.807, 2.05) is 13.8 Å². The van der Waals surface area contributed by atoms with Crippen LogP contribution in [0.15, 0.2) is 28.8 Å². The van der Waals surface area contributed by atoms with Crippen LogP contribution in [0.5, 0.6) is 0 Å². The minimum atomic E-state index is -4.35. The van der Waals surface area contributed by atoms with Crippen molar-refractivity contribution in [3.8, 4) is 11.5 Å². The van der Waals surface area contributed by atoms with Crippen molar-refractivity contribution in [2.24, 2.45) is 0 Å². The van der Waals surface area contributed by atoms with Gasteiger partial charge in [0.05, 0.1) is 12.1 Å². The van der Waals surface area contributed by atoms with Gasteiger partial charge in [-0.25, -0.2) is 0 Å². The molecule has 2 aromatic rings. The maximum Gasteiger partial charge on any atom is 0.416 e. The Labute approximate surface area is 114 Å². The van der Waals surface area contributed by atoms with Gasteiger partial charge in [-0.15, -0.1) is 0 Å². The molecule has 0 saturated heterocycles. The number of hydrogen-bond acceptors (Lipinski definition) is 4. The summed E-state index contributed by atoms with van der Waals surface area (Å²) < 4.78 is 42.4. The molecule has 0 atom stereocenters. The molecule has 0 radical (unpaired) electrons. The lowest BCUT2D eigenvalue weighted by atomic mass is 10.1. The fourth-order valence-electron chi connectivity index (χ4n) is 1.54. The van der Waals surface area contributed by atoms with E-state index in [0.29, 0.717) is 17.9 Å². The van der Waals surface area contributed by atoms with E-state index in [0.717, 1.165) is 12.1 Å². The summed E-state index contributed by atoms with van der Waals surface area (Å²) >= 11 is 0. The van der Waals surface area contributed by atoms with E-state index in [1.165, 1.54) is 12.1 Å². The van der Waals surface area contributed by atoms with Crippen molar-refractivity contribution < 1.29 is 17.7 Å². The first-order valence-electron chi connectivity index (χ1n) is 6.10. The van der Waals surface area contributed by atoms with E-state index < -0.39 is 11.7 Å². The standard InChI is InChI=1S/C13H14F3N3O/c1-8(2)17-7-11-18-12(20-19-11)9-3-5-10(6-4-9)13(14,15)16/h3-6,8,17H,7H2,1-2H3. The van der Waals surface area contributed by atoms with Crippen LogP contribution in [-0.4, -0.2) is 16.2 Å². The normalized spacial score (nSPS) is 12.1. The third-order valence-corrected chi connectivity index (χ3v) is 2.60. The van der Waals surface area contributed by atoms with Gasteiger partial charge in [0.1, 0.15) is 0 Å². The van der Waals surface area contributed by atoms with Gasteiger partial charge in [0.15, 0.2) is 5.82 Å². The van der Waals surface area contributed by atoms with Crippen molar-refractivity contribution in [2.75, 3.05) is 0 Å². The highest BCUT2D eigenvalue weighted by atomic mass is 19.4. The molecule has 4 nitrogen and oxygen atoms in total. The second kappa shape index (κ2) is 5.62. The van der Waals surface area contributed by atoms with Crippen molar-refractivity contribution in [2.45, 2.75) is 32.6 Å². The number of aromatic nitrogens is 2. The fourth-order valence-corrected chi connectivity index (χ4v) is 1.54. The maximum absolute atomic E-state index is 12.4. The Kier molecular flexibility index (Phi) is 4.08. The highest BCUT2D eigenvalue weighted by molar-refractivity contribution is 5.53. The molecule has 7 heteroatoms. The summed E-state index contributed by atoms with van der Waals surface area (Å²) in [5, 5.41) is 6.89.